The van der Waals surface area contributed by atoms with Gasteiger partial charge in [-0.3, -0.25) is 0 Å². The van der Waals surface area contributed by atoms with E-state index in [4.69, 9.17) is 9.47 Å². The highest BCUT2D eigenvalue weighted by Crippen LogP contribution is 2.28. The minimum absolute atomic E-state index is 0.0192. The molecule has 0 amide bonds. The van der Waals surface area contributed by atoms with Gasteiger partial charge in [0, 0.05) is 27.2 Å². The van der Waals surface area contributed by atoms with Gasteiger partial charge in [-0.15, -0.1) is 0 Å². The van der Waals surface area contributed by atoms with Crippen molar-refractivity contribution in [2.75, 3.05) is 45.3 Å². The van der Waals surface area contributed by atoms with Crippen LogP contribution < -0.4 is 4.90 Å². The number of esters is 2. The van der Waals surface area contributed by atoms with Gasteiger partial charge in [-0.05, 0) is 49.6 Å². The summed E-state index contributed by atoms with van der Waals surface area (Å²) in [7, 11) is -0.835. The van der Waals surface area contributed by atoms with Crippen molar-refractivity contribution in [2.24, 2.45) is 0 Å². The number of hydrogen-bond donors (Lipinski definition) is 0. The summed E-state index contributed by atoms with van der Waals surface area (Å²) in [6, 6.07) is 13.1. The largest absolute Gasteiger partial charge is 0.458 e. The van der Waals surface area contributed by atoms with Crippen molar-refractivity contribution in [2.45, 2.75) is 24.2 Å². The van der Waals surface area contributed by atoms with Crippen molar-refractivity contribution < 1.29 is 27.5 Å². The summed E-state index contributed by atoms with van der Waals surface area (Å²) < 4.78 is 36.7. The summed E-state index contributed by atoms with van der Waals surface area (Å²) in [6.07, 6.45) is 3.12. The molecule has 0 saturated carbocycles. The van der Waals surface area contributed by atoms with Crippen LogP contribution in [-0.2, 0) is 19.5 Å². The van der Waals surface area contributed by atoms with Crippen LogP contribution in [0.4, 0.5) is 5.69 Å². The Morgan fingerprint density at radius 3 is 2.16 bits per heavy atom. The van der Waals surface area contributed by atoms with Crippen LogP contribution in [0, 0.1) is 0 Å². The topological polar surface area (TPSA) is 93.2 Å². The average Bonchev–Trinajstić information content (AvgIpc) is 2.82. The quantitative estimate of drug-likeness (QED) is 0.442. The minimum atomic E-state index is -3.71. The fraction of sp³-hybridized carbons (Fsp3) is 0.391. The Morgan fingerprint density at radius 1 is 0.906 bits per heavy atom. The molecule has 0 spiro atoms. The maximum absolute atomic E-state index is 12.9. The molecule has 172 valence electrons. The molecule has 1 fully saturated rings. The first-order chi connectivity index (χ1) is 15.3. The molecule has 1 heterocycles. The number of ether oxygens (including phenoxy) is 2. The Hall–Kier alpha value is -2.91. The van der Waals surface area contributed by atoms with Crippen LogP contribution in [0.15, 0.2) is 53.4 Å². The van der Waals surface area contributed by atoms with E-state index in [2.05, 4.69) is 4.90 Å². The van der Waals surface area contributed by atoms with Crippen LogP contribution in [0.3, 0.4) is 0 Å². The maximum atomic E-state index is 12.9. The second-order valence-electron chi connectivity index (χ2n) is 7.65. The highest BCUT2D eigenvalue weighted by Gasteiger charge is 2.25. The van der Waals surface area contributed by atoms with E-state index in [1.807, 2.05) is 0 Å². The van der Waals surface area contributed by atoms with Gasteiger partial charge in [0.2, 0.25) is 10.0 Å². The molecule has 0 N–H and O–H groups in total. The van der Waals surface area contributed by atoms with Crippen LogP contribution in [0.5, 0.6) is 0 Å². The van der Waals surface area contributed by atoms with E-state index in [9.17, 15) is 18.0 Å². The molecular weight excluding hydrogens is 432 g/mol. The molecule has 0 radical (unpaired) electrons. The molecule has 0 unspecified atom stereocenters. The summed E-state index contributed by atoms with van der Waals surface area (Å²) in [5.41, 5.74) is 1.24. The molecule has 2 aromatic rings. The lowest BCUT2D eigenvalue weighted by molar-refractivity contribution is 0.0266. The summed E-state index contributed by atoms with van der Waals surface area (Å²) in [6.45, 7) is 1.33. The second kappa shape index (κ2) is 10.6. The summed E-state index contributed by atoms with van der Waals surface area (Å²) >= 11 is 0. The van der Waals surface area contributed by atoms with Crippen molar-refractivity contribution >= 4 is 27.6 Å². The minimum Gasteiger partial charge on any atom is -0.458 e. The zero-order chi connectivity index (χ0) is 23.1. The van der Waals surface area contributed by atoms with Gasteiger partial charge < -0.3 is 14.4 Å². The van der Waals surface area contributed by atoms with Gasteiger partial charge in [0.05, 0.1) is 21.7 Å². The lowest BCUT2D eigenvalue weighted by Crippen LogP contribution is -2.31. The Labute approximate surface area is 188 Å². The summed E-state index contributed by atoms with van der Waals surface area (Å²) in [5.74, 6) is -1.16. The van der Waals surface area contributed by atoms with E-state index >= 15 is 0 Å². The Bertz CT molecular complexity index is 1050. The third-order valence-corrected chi connectivity index (χ3v) is 7.03. The smallest absolute Gasteiger partial charge is 0.340 e. The molecule has 0 atom stereocenters. The Morgan fingerprint density at radius 2 is 1.53 bits per heavy atom. The van der Waals surface area contributed by atoms with Crippen LogP contribution in [0.2, 0.25) is 0 Å². The molecule has 9 heteroatoms. The molecule has 0 aliphatic carbocycles. The molecule has 2 aromatic carbocycles. The molecule has 8 nitrogen and oxygen atoms in total. The fourth-order valence-corrected chi connectivity index (χ4v) is 4.39. The molecular formula is C23H28N2O6S. The van der Waals surface area contributed by atoms with E-state index in [1.54, 1.807) is 36.4 Å². The molecule has 3 rings (SSSR count). The van der Waals surface area contributed by atoms with Gasteiger partial charge in [0.25, 0.3) is 0 Å². The SMILES string of the molecule is CN(C)S(=O)(=O)c1ccc(N2CCCCC2)c(C(=O)OCCOC(=O)c2ccccc2)c1. The number of sulfonamides is 1. The average molecular weight is 461 g/mol. The predicted molar refractivity (Wildman–Crippen MR) is 120 cm³/mol. The first kappa shape index (κ1) is 23.7. The van der Waals surface area contributed by atoms with Crippen molar-refractivity contribution in [3.05, 3.63) is 59.7 Å². The van der Waals surface area contributed by atoms with Crippen LogP contribution in [-0.4, -0.2) is 65.1 Å². The van der Waals surface area contributed by atoms with Gasteiger partial charge in [0.15, 0.2) is 0 Å². The molecule has 32 heavy (non-hydrogen) atoms. The Balaban J connectivity index is 1.72. The van der Waals surface area contributed by atoms with Gasteiger partial charge in [0.1, 0.15) is 13.2 Å². The third kappa shape index (κ3) is 5.66. The molecule has 0 aromatic heterocycles. The van der Waals surface area contributed by atoms with Crippen molar-refractivity contribution in [1.82, 2.24) is 4.31 Å². The van der Waals surface area contributed by atoms with Crippen molar-refractivity contribution in [3.63, 3.8) is 0 Å². The maximum Gasteiger partial charge on any atom is 0.340 e. The third-order valence-electron chi connectivity index (χ3n) is 5.22. The van der Waals surface area contributed by atoms with Crippen LogP contribution in [0.25, 0.3) is 0 Å². The second-order valence-corrected chi connectivity index (χ2v) is 9.80. The number of hydrogen-bond acceptors (Lipinski definition) is 7. The zero-order valence-corrected chi connectivity index (χ0v) is 19.1. The number of nitrogens with zero attached hydrogens (tertiary/aromatic N) is 2. The van der Waals surface area contributed by atoms with E-state index in [0.717, 1.165) is 36.7 Å². The number of benzene rings is 2. The molecule has 0 bridgehead atoms. The number of carbonyl (C=O) groups is 2. The lowest BCUT2D eigenvalue weighted by atomic mass is 10.1. The monoisotopic (exact) mass is 460 g/mol. The molecule has 1 aliphatic rings. The summed E-state index contributed by atoms with van der Waals surface area (Å²) in [4.78, 5) is 27.0. The van der Waals surface area contributed by atoms with Crippen molar-refractivity contribution in [3.8, 4) is 0 Å². The number of piperidine rings is 1. The van der Waals surface area contributed by atoms with Crippen LogP contribution in [0.1, 0.15) is 40.0 Å². The van der Waals surface area contributed by atoms with E-state index in [-0.39, 0.29) is 23.7 Å². The van der Waals surface area contributed by atoms with E-state index in [1.165, 1.54) is 26.2 Å². The van der Waals surface area contributed by atoms with Crippen LogP contribution >= 0.6 is 0 Å². The predicted octanol–water partition coefficient (Wildman–Crippen LogP) is 2.94. The normalized spacial score (nSPS) is 14.3. The first-order valence-corrected chi connectivity index (χ1v) is 12.0. The number of anilines is 1. The Kier molecular flexibility index (Phi) is 7.87. The van der Waals surface area contributed by atoms with Crippen molar-refractivity contribution in [1.29, 1.82) is 0 Å². The highest BCUT2D eigenvalue weighted by atomic mass is 32.2. The van der Waals surface area contributed by atoms with Gasteiger partial charge in [-0.2, -0.15) is 0 Å². The number of carbonyl (C=O) groups excluding carboxylic acids is 2. The van der Waals surface area contributed by atoms with Gasteiger partial charge in [-0.25, -0.2) is 22.3 Å². The van der Waals surface area contributed by atoms with E-state index < -0.39 is 22.0 Å². The molecule has 1 aliphatic heterocycles. The zero-order valence-electron chi connectivity index (χ0n) is 18.3. The first-order valence-electron chi connectivity index (χ1n) is 10.5. The highest BCUT2D eigenvalue weighted by molar-refractivity contribution is 7.89. The van der Waals surface area contributed by atoms with Gasteiger partial charge in [-0.1, -0.05) is 18.2 Å². The fourth-order valence-electron chi connectivity index (χ4n) is 3.46. The number of rotatable bonds is 8. The lowest BCUT2D eigenvalue weighted by Gasteiger charge is -2.30. The van der Waals surface area contributed by atoms with E-state index in [0.29, 0.717) is 11.3 Å². The standard InChI is InChI=1S/C23H28N2O6S/c1-24(2)32(28,29)19-11-12-21(25-13-7-4-8-14-25)20(17-19)23(27)31-16-15-30-22(26)18-9-5-3-6-10-18/h3,5-6,9-12,17H,4,7-8,13-16H2,1-2H3. The van der Waals surface area contributed by atoms with Gasteiger partial charge >= 0.3 is 11.9 Å². The molecule has 1 saturated heterocycles. The summed E-state index contributed by atoms with van der Waals surface area (Å²) in [5, 5.41) is 0.